The zero-order chi connectivity index (χ0) is 18.5. The summed E-state index contributed by atoms with van der Waals surface area (Å²) in [6.07, 6.45) is 1.64. The minimum absolute atomic E-state index is 0.0450. The Morgan fingerprint density at radius 1 is 1.17 bits per heavy atom. The Balaban J connectivity index is 3.97. The van der Waals surface area contributed by atoms with E-state index in [0.29, 0.717) is 18.5 Å². The molecule has 3 amide bonds. The van der Waals surface area contributed by atoms with Crippen LogP contribution in [0.3, 0.4) is 0 Å². The van der Waals surface area contributed by atoms with Gasteiger partial charge in [0.05, 0.1) is 0 Å². The van der Waals surface area contributed by atoms with Gasteiger partial charge in [-0.1, -0.05) is 6.58 Å². The Kier molecular flexibility index (Phi) is 12.1. The van der Waals surface area contributed by atoms with E-state index in [2.05, 4.69) is 22.5 Å². The number of likely N-dealkylation sites (N-methyl/N-ethyl adjacent to an activating group) is 1. The Hall–Kier alpha value is -1.46. The molecule has 0 saturated carbocycles. The third kappa shape index (κ3) is 11.1. The van der Waals surface area contributed by atoms with Crippen molar-refractivity contribution in [2.75, 3.05) is 26.7 Å². The number of hydrogen-bond donors (Lipinski definition) is 3. The van der Waals surface area contributed by atoms with Crippen molar-refractivity contribution in [3.63, 3.8) is 0 Å². The maximum absolute atomic E-state index is 11.7. The van der Waals surface area contributed by atoms with Crippen molar-refractivity contribution in [3.05, 3.63) is 12.3 Å². The van der Waals surface area contributed by atoms with Crippen LogP contribution < -0.4 is 16.0 Å². The molecule has 0 aliphatic heterocycles. The first-order chi connectivity index (χ1) is 11.3. The summed E-state index contributed by atoms with van der Waals surface area (Å²) in [5.74, 6) is -1.02. The molecule has 24 heavy (non-hydrogen) atoms. The topological polar surface area (TPSA) is 108 Å². The number of nitrogens with one attached hydrogen (secondary N) is 3. The summed E-state index contributed by atoms with van der Waals surface area (Å²) in [4.78, 5) is 46.8. The first kappa shape index (κ1) is 22.5. The average molecular weight is 533 g/mol. The third-order valence-corrected chi connectivity index (χ3v) is 5.46. The molecular weight excluding hydrogens is 507 g/mol. The maximum atomic E-state index is 11.7. The van der Waals surface area contributed by atoms with Crippen molar-refractivity contribution < 1.29 is 19.2 Å². The van der Waals surface area contributed by atoms with E-state index < -0.39 is 5.91 Å². The molecule has 0 bridgehead atoms. The van der Waals surface area contributed by atoms with Gasteiger partial charge >= 0.3 is 115 Å². The van der Waals surface area contributed by atoms with Gasteiger partial charge in [0.25, 0.3) is 0 Å². The fourth-order valence-corrected chi connectivity index (χ4v) is 1.99. The Bertz CT molecular complexity index is 470. The molecule has 8 nitrogen and oxygen atoms in total. The normalized spacial score (nSPS) is 11.1. The van der Waals surface area contributed by atoms with Crippen LogP contribution in [0, 0.1) is 0 Å². The van der Waals surface area contributed by atoms with Gasteiger partial charge in [-0.3, -0.25) is 0 Å². The standard InChI is InChI=1S/C15H25N4O4.Pb/c1-11(2)18-14(22)9-16-13(21)8-17-15(23)10-19(4)12(3)6-5-7-20;/h7,11H,1,3,5-6,8-10H2,2,4H3,(H,16,21)(H,17,23)(H,18,22);. The molecule has 0 aromatic rings. The van der Waals surface area contributed by atoms with Gasteiger partial charge in [-0.15, -0.1) is 0 Å². The number of allylic oxidation sites excluding steroid dienone is 1. The number of hydrogen-bond acceptors (Lipinski definition) is 5. The predicted molar refractivity (Wildman–Crippen MR) is 91.3 cm³/mol. The van der Waals surface area contributed by atoms with E-state index in [-0.39, 0.29) is 37.5 Å². The summed E-state index contributed by atoms with van der Waals surface area (Å²) >= 11 is 0.998. The molecule has 0 fully saturated rings. The Labute approximate surface area is 158 Å². The summed E-state index contributed by atoms with van der Waals surface area (Å²) < 4.78 is 0.946. The zero-order valence-corrected chi connectivity index (χ0v) is 18.1. The molecule has 1 atom stereocenters. The Morgan fingerprint density at radius 3 is 2.33 bits per heavy atom. The molecule has 0 rings (SSSR count). The number of amides is 3. The van der Waals surface area contributed by atoms with Crippen LogP contribution in [-0.4, -0.2) is 87.4 Å². The van der Waals surface area contributed by atoms with E-state index in [9.17, 15) is 19.2 Å². The fraction of sp³-hybridized carbons (Fsp3) is 0.600. The summed E-state index contributed by atoms with van der Waals surface area (Å²) in [5, 5.41) is 7.68. The second-order valence-corrected chi connectivity index (χ2v) is 6.94. The van der Waals surface area contributed by atoms with Crippen molar-refractivity contribution in [3.8, 4) is 0 Å². The second kappa shape index (κ2) is 12.9. The molecule has 0 saturated heterocycles. The van der Waals surface area contributed by atoms with Crippen molar-refractivity contribution >= 4 is 49.8 Å². The van der Waals surface area contributed by atoms with Crippen LogP contribution in [0.4, 0.5) is 0 Å². The molecular formula is C15H25N4O4Pb. The van der Waals surface area contributed by atoms with E-state index in [0.717, 1.165) is 36.0 Å². The van der Waals surface area contributed by atoms with Gasteiger partial charge in [0.2, 0.25) is 0 Å². The molecule has 3 radical (unpaired) electrons. The molecule has 133 valence electrons. The molecule has 9 heteroatoms. The summed E-state index contributed by atoms with van der Waals surface area (Å²) in [6.45, 7) is 5.43. The van der Waals surface area contributed by atoms with Crippen LogP contribution in [0.2, 0.25) is 3.98 Å². The minimum atomic E-state index is -0.431. The van der Waals surface area contributed by atoms with E-state index in [1.54, 1.807) is 11.9 Å². The van der Waals surface area contributed by atoms with Crippen molar-refractivity contribution in [2.24, 2.45) is 0 Å². The van der Waals surface area contributed by atoms with E-state index in [1.165, 1.54) is 0 Å². The fourth-order valence-electron chi connectivity index (χ4n) is 1.60. The second-order valence-electron chi connectivity index (χ2n) is 5.35. The van der Waals surface area contributed by atoms with E-state index in [1.807, 2.05) is 6.92 Å². The first-order valence-electron chi connectivity index (χ1n) is 7.60. The number of aldehydes is 1. The first-order valence-corrected chi connectivity index (χ1v) is 10.3. The number of carbonyl (C=O) groups is 4. The van der Waals surface area contributed by atoms with Crippen LogP contribution in [0.1, 0.15) is 19.8 Å². The van der Waals surface area contributed by atoms with E-state index >= 15 is 0 Å². The van der Waals surface area contributed by atoms with Gasteiger partial charge in [0.15, 0.2) is 0 Å². The average Bonchev–Trinajstić information content (AvgIpc) is 2.55. The molecule has 1 unspecified atom stereocenters. The van der Waals surface area contributed by atoms with Gasteiger partial charge in [-0.25, -0.2) is 0 Å². The quantitative estimate of drug-likeness (QED) is 0.215. The van der Waals surface area contributed by atoms with Crippen LogP contribution in [-0.2, 0) is 19.2 Å². The zero-order valence-electron chi connectivity index (χ0n) is 14.2. The summed E-state index contributed by atoms with van der Waals surface area (Å²) in [6, 6.07) is 0.114. The van der Waals surface area contributed by atoms with Crippen molar-refractivity contribution in [1.29, 1.82) is 0 Å². The van der Waals surface area contributed by atoms with Crippen molar-refractivity contribution in [1.82, 2.24) is 20.9 Å². The van der Waals surface area contributed by atoms with E-state index in [4.69, 9.17) is 0 Å². The number of carbonyl (C=O) groups excluding carboxylic acids is 4. The van der Waals surface area contributed by atoms with Crippen LogP contribution in [0.5, 0.6) is 0 Å². The molecule has 0 spiro atoms. The van der Waals surface area contributed by atoms with Gasteiger partial charge in [-0.2, -0.15) is 0 Å². The van der Waals surface area contributed by atoms with Crippen LogP contribution in [0.15, 0.2) is 12.3 Å². The number of rotatable bonds is 12. The van der Waals surface area contributed by atoms with Gasteiger partial charge in [0, 0.05) is 19.2 Å². The van der Waals surface area contributed by atoms with Gasteiger partial charge < -0.3 is 4.79 Å². The monoisotopic (exact) mass is 533 g/mol. The van der Waals surface area contributed by atoms with Gasteiger partial charge in [-0.05, 0) is 6.42 Å². The molecule has 0 aromatic heterocycles. The number of nitrogens with zero attached hydrogens (tertiary/aromatic N) is 1. The van der Waals surface area contributed by atoms with Gasteiger partial charge in [0.1, 0.15) is 6.29 Å². The molecule has 0 aromatic carbocycles. The molecule has 0 heterocycles. The van der Waals surface area contributed by atoms with Crippen LogP contribution in [0.25, 0.3) is 0 Å². The van der Waals surface area contributed by atoms with Crippen LogP contribution >= 0.6 is 0 Å². The molecule has 0 aliphatic rings. The predicted octanol–water partition coefficient (Wildman–Crippen LogP) is -1.27. The molecule has 0 aliphatic carbocycles. The third-order valence-electron chi connectivity index (χ3n) is 3.08. The summed E-state index contributed by atoms with van der Waals surface area (Å²) in [5.41, 5.74) is 0.673. The summed E-state index contributed by atoms with van der Waals surface area (Å²) in [7, 11) is 1.69. The Morgan fingerprint density at radius 2 is 1.75 bits per heavy atom. The molecule has 3 N–H and O–H groups in total. The SMILES string of the molecule is C=C(CCC=O)N(C)CC(=O)NCC(=O)NCC(=O)NC(C)[CH2][Pb]. The van der Waals surface area contributed by atoms with Crippen molar-refractivity contribution in [2.45, 2.75) is 29.8 Å².